The quantitative estimate of drug-likeness (QED) is 0.639. The van der Waals surface area contributed by atoms with Crippen molar-refractivity contribution >= 4 is 0 Å². The molecule has 0 aromatic rings. The van der Waals surface area contributed by atoms with Gasteiger partial charge in [0.05, 0.1) is 12.1 Å². The summed E-state index contributed by atoms with van der Waals surface area (Å²) in [5.74, 6) is -4.25. The molecule has 0 spiro atoms. The van der Waals surface area contributed by atoms with E-state index in [9.17, 15) is 0 Å². The Bertz CT molecular complexity index is 302. The van der Waals surface area contributed by atoms with Crippen LogP contribution in [0.15, 0.2) is 0 Å². The molecule has 88 valence electrons. The van der Waals surface area contributed by atoms with E-state index < -0.39 is 23.4 Å². The first-order valence-corrected chi connectivity index (χ1v) is 4.63. The average Bonchev–Trinajstić information content (AvgIpc) is 2.31. The van der Waals surface area contributed by atoms with Gasteiger partial charge in [-0.25, -0.2) is 0 Å². The highest BCUT2D eigenvalue weighted by molar-refractivity contribution is 5.25. The monoisotopic (exact) mass is 226 g/mol. The highest BCUT2D eigenvalue weighted by atomic mass is 16.8. The van der Waals surface area contributed by atoms with Crippen molar-refractivity contribution in [1.29, 1.82) is 10.5 Å². The molecule has 0 unspecified atom stereocenters. The Kier molecular flexibility index (Phi) is 3.51. The third-order valence-corrected chi connectivity index (χ3v) is 3.13. The van der Waals surface area contributed by atoms with Crippen LogP contribution in [0.25, 0.3) is 0 Å². The smallest absolute Gasteiger partial charge is 0.242 e. The molecular formula is C10H14N2O4. The normalized spacial score (nSPS) is 29.9. The minimum atomic E-state index is -1.37. The fraction of sp³-hybridized carbons (Fsp3) is 0.800. The van der Waals surface area contributed by atoms with Gasteiger partial charge >= 0.3 is 0 Å². The molecule has 0 bridgehead atoms. The van der Waals surface area contributed by atoms with E-state index in [2.05, 4.69) is 0 Å². The molecule has 0 amide bonds. The van der Waals surface area contributed by atoms with Gasteiger partial charge < -0.3 is 18.9 Å². The second-order valence-electron chi connectivity index (χ2n) is 3.37. The standard InChI is InChI=1S/C10H14N2O4/c1-13-9(14-2)7(5-11)8(6-12)10(9,15-3)16-4/h7-8H,1-4H3/t7-,8-/m1/s1. The van der Waals surface area contributed by atoms with Crippen LogP contribution in [0, 0.1) is 34.5 Å². The summed E-state index contributed by atoms with van der Waals surface area (Å²) in [5.41, 5.74) is 0. The van der Waals surface area contributed by atoms with E-state index in [1.54, 1.807) is 0 Å². The minimum Gasteiger partial charge on any atom is -0.348 e. The third kappa shape index (κ3) is 1.13. The van der Waals surface area contributed by atoms with Crippen LogP contribution in [-0.2, 0) is 18.9 Å². The zero-order chi connectivity index (χ0) is 12.4. The predicted molar refractivity (Wildman–Crippen MR) is 51.7 cm³/mol. The van der Waals surface area contributed by atoms with Gasteiger partial charge in [-0.3, -0.25) is 0 Å². The molecule has 1 saturated carbocycles. The fourth-order valence-electron chi connectivity index (χ4n) is 2.34. The van der Waals surface area contributed by atoms with Crippen LogP contribution in [0.4, 0.5) is 0 Å². The summed E-state index contributed by atoms with van der Waals surface area (Å²) in [4.78, 5) is 0. The first-order chi connectivity index (χ1) is 7.63. The number of hydrogen-bond donors (Lipinski definition) is 0. The van der Waals surface area contributed by atoms with Gasteiger partial charge in [-0.2, -0.15) is 10.5 Å². The molecule has 0 aromatic carbocycles. The van der Waals surface area contributed by atoms with Crippen molar-refractivity contribution in [3.63, 3.8) is 0 Å². The maximum absolute atomic E-state index is 9.04. The van der Waals surface area contributed by atoms with Gasteiger partial charge in [0.2, 0.25) is 11.6 Å². The van der Waals surface area contributed by atoms with Crippen molar-refractivity contribution in [2.24, 2.45) is 11.8 Å². The molecule has 0 radical (unpaired) electrons. The first kappa shape index (κ1) is 12.9. The highest BCUT2D eigenvalue weighted by Gasteiger charge is 2.77. The maximum atomic E-state index is 9.04. The Labute approximate surface area is 94.3 Å². The van der Waals surface area contributed by atoms with Crippen LogP contribution in [-0.4, -0.2) is 40.0 Å². The number of hydrogen-bond acceptors (Lipinski definition) is 6. The van der Waals surface area contributed by atoms with Gasteiger partial charge in [0, 0.05) is 28.4 Å². The summed E-state index contributed by atoms with van der Waals surface area (Å²) in [7, 11) is 5.53. The van der Waals surface area contributed by atoms with Gasteiger partial charge in [0.25, 0.3) is 0 Å². The van der Waals surface area contributed by atoms with Crippen molar-refractivity contribution in [2.75, 3.05) is 28.4 Å². The molecule has 1 fully saturated rings. The largest absolute Gasteiger partial charge is 0.348 e. The van der Waals surface area contributed by atoms with Crippen molar-refractivity contribution in [3.8, 4) is 12.1 Å². The lowest BCUT2D eigenvalue weighted by molar-refractivity contribution is -0.471. The topological polar surface area (TPSA) is 84.5 Å². The van der Waals surface area contributed by atoms with Crippen molar-refractivity contribution < 1.29 is 18.9 Å². The van der Waals surface area contributed by atoms with Gasteiger partial charge in [-0.15, -0.1) is 0 Å². The van der Waals surface area contributed by atoms with Crippen LogP contribution in [0.1, 0.15) is 0 Å². The lowest BCUT2D eigenvalue weighted by atomic mass is 9.63. The SMILES string of the molecule is COC1(OC)[C@H](C#N)[C@@H](C#N)C1(OC)OC. The molecule has 0 saturated heterocycles. The van der Waals surface area contributed by atoms with Crippen molar-refractivity contribution in [1.82, 2.24) is 0 Å². The fourth-order valence-corrected chi connectivity index (χ4v) is 2.34. The van der Waals surface area contributed by atoms with Crippen LogP contribution < -0.4 is 0 Å². The van der Waals surface area contributed by atoms with Gasteiger partial charge in [-0.1, -0.05) is 0 Å². The molecule has 16 heavy (non-hydrogen) atoms. The zero-order valence-corrected chi connectivity index (χ0v) is 9.68. The Morgan fingerprint density at radius 2 is 1.00 bits per heavy atom. The Hall–Kier alpha value is -1.18. The van der Waals surface area contributed by atoms with E-state index in [1.165, 1.54) is 28.4 Å². The predicted octanol–water partition coefficient (Wildman–Crippen LogP) is 0.258. The summed E-state index contributed by atoms with van der Waals surface area (Å²) in [6.07, 6.45) is 0. The summed E-state index contributed by atoms with van der Waals surface area (Å²) in [6, 6.07) is 3.97. The molecule has 6 heteroatoms. The first-order valence-electron chi connectivity index (χ1n) is 4.63. The summed E-state index contributed by atoms with van der Waals surface area (Å²) in [6.45, 7) is 0. The lowest BCUT2D eigenvalue weighted by Crippen LogP contribution is -2.78. The maximum Gasteiger partial charge on any atom is 0.242 e. The van der Waals surface area contributed by atoms with E-state index in [-0.39, 0.29) is 0 Å². The molecule has 2 atom stereocenters. The van der Waals surface area contributed by atoms with Gasteiger partial charge in [0.1, 0.15) is 11.8 Å². The summed E-state index contributed by atoms with van der Waals surface area (Å²) < 4.78 is 20.8. The molecule has 1 aliphatic rings. The van der Waals surface area contributed by atoms with E-state index in [0.717, 1.165) is 0 Å². The zero-order valence-electron chi connectivity index (χ0n) is 9.68. The van der Waals surface area contributed by atoms with Crippen LogP contribution in [0.5, 0.6) is 0 Å². The number of methoxy groups -OCH3 is 4. The number of nitriles is 2. The molecule has 1 aliphatic carbocycles. The van der Waals surface area contributed by atoms with E-state index in [0.29, 0.717) is 0 Å². The second kappa shape index (κ2) is 4.36. The van der Waals surface area contributed by atoms with Crippen molar-refractivity contribution in [2.45, 2.75) is 11.6 Å². The van der Waals surface area contributed by atoms with Crippen molar-refractivity contribution in [3.05, 3.63) is 0 Å². The van der Waals surface area contributed by atoms with E-state index in [4.69, 9.17) is 29.5 Å². The molecule has 0 heterocycles. The van der Waals surface area contributed by atoms with E-state index in [1.807, 2.05) is 12.1 Å². The third-order valence-electron chi connectivity index (χ3n) is 3.13. The lowest BCUT2D eigenvalue weighted by Gasteiger charge is -2.59. The molecule has 0 N–H and O–H groups in total. The van der Waals surface area contributed by atoms with Crippen LogP contribution >= 0.6 is 0 Å². The average molecular weight is 226 g/mol. The molecule has 1 rings (SSSR count). The second-order valence-corrected chi connectivity index (χ2v) is 3.37. The molecular weight excluding hydrogens is 212 g/mol. The van der Waals surface area contributed by atoms with Crippen LogP contribution in [0.3, 0.4) is 0 Å². The van der Waals surface area contributed by atoms with Crippen LogP contribution in [0.2, 0.25) is 0 Å². The number of ether oxygens (including phenoxy) is 4. The summed E-state index contributed by atoms with van der Waals surface area (Å²) in [5, 5.41) is 18.1. The number of rotatable bonds is 4. The minimum absolute atomic E-state index is 0.757. The van der Waals surface area contributed by atoms with Gasteiger partial charge in [0.15, 0.2) is 0 Å². The molecule has 0 aliphatic heterocycles. The summed E-state index contributed by atoms with van der Waals surface area (Å²) >= 11 is 0. The Morgan fingerprint density at radius 1 is 0.750 bits per heavy atom. The van der Waals surface area contributed by atoms with Gasteiger partial charge in [-0.05, 0) is 0 Å². The van der Waals surface area contributed by atoms with E-state index >= 15 is 0 Å². The molecule has 0 aromatic heterocycles. The Balaban J connectivity index is 3.24. The highest BCUT2D eigenvalue weighted by Crippen LogP contribution is 2.56. The number of nitrogens with zero attached hydrogens (tertiary/aromatic N) is 2. The molecule has 6 nitrogen and oxygen atoms in total. The Morgan fingerprint density at radius 3 is 1.12 bits per heavy atom.